The minimum Gasteiger partial charge on any atom is -0.311 e. The Labute approximate surface area is 119 Å². The lowest BCUT2D eigenvalue weighted by Gasteiger charge is -2.25. The highest BCUT2D eigenvalue weighted by atomic mass is 14.9. The molecule has 0 radical (unpaired) electrons. The summed E-state index contributed by atoms with van der Waals surface area (Å²) in [6.07, 6.45) is 6.70. The van der Waals surface area contributed by atoms with E-state index in [-0.39, 0.29) is 5.54 Å². The van der Waals surface area contributed by atoms with Crippen molar-refractivity contribution in [3.8, 4) is 0 Å². The van der Waals surface area contributed by atoms with E-state index in [4.69, 9.17) is 0 Å². The fraction of sp³-hybridized carbons (Fsp3) is 0.667. The second kappa shape index (κ2) is 8.37. The van der Waals surface area contributed by atoms with Gasteiger partial charge in [-0.05, 0) is 38.7 Å². The van der Waals surface area contributed by atoms with Gasteiger partial charge in [0.05, 0.1) is 0 Å². The van der Waals surface area contributed by atoms with E-state index in [1.54, 1.807) is 0 Å². The van der Waals surface area contributed by atoms with Crippen LogP contribution in [0.25, 0.3) is 0 Å². The number of unbranched alkanes of at least 4 members (excludes halogenated alkanes) is 3. The smallest absolute Gasteiger partial charge is 0.00967 e. The van der Waals surface area contributed by atoms with Crippen LogP contribution in [0.3, 0.4) is 0 Å². The average Bonchev–Trinajstić information content (AvgIpc) is 2.38. The molecule has 0 aromatic heterocycles. The van der Waals surface area contributed by atoms with E-state index in [9.17, 15) is 0 Å². The standard InChI is InChI=1S/C18H31N/c1-5-6-7-9-14-17(15-19-18(2,3)4)16-12-10-8-11-13-16/h8,10-13,17,19H,5-7,9,14-15H2,1-4H3. The van der Waals surface area contributed by atoms with Gasteiger partial charge in [-0.2, -0.15) is 0 Å². The van der Waals surface area contributed by atoms with Crippen LogP contribution in [-0.2, 0) is 0 Å². The molecule has 0 aliphatic rings. The first kappa shape index (κ1) is 16.2. The molecule has 0 saturated heterocycles. The third-order valence-electron chi connectivity index (χ3n) is 3.56. The van der Waals surface area contributed by atoms with Crippen molar-refractivity contribution in [1.29, 1.82) is 0 Å². The highest BCUT2D eigenvalue weighted by molar-refractivity contribution is 5.19. The summed E-state index contributed by atoms with van der Waals surface area (Å²) in [6, 6.07) is 11.0. The largest absolute Gasteiger partial charge is 0.311 e. The minimum absolute atomic E-state index is 0.205. The van der Waals surface area contributed by atoms with E-state index < -0.39 is 0 Å². The van der Waals surface area contributed by atoms with Gasteiger partial charge in [0.25, 0.3) is 0 Å². The fourth-order valence-electron chi connectivity index (χ4n) is 2.36. The number of nitrogens with one attached hydrogen (secondary N) is 1. The van der Waals surface area contributed by atoms with Crippen molar-refractivity contribution in [1.82, 2.24) is 5.32 Å². The molecule has 19 heavy (non-hydrogen) atoms. The summed E-state index contributed by atoms with van der Waals surface area (Å²) in [7, 11) is 0. The molecule has 0 saturated carbocycles. The van der Waals surface area contributed by atoms with Gasteiger partial charge in [-0.3, -0.25) is 0 Å². The van der Waals surface area contributed by atoms with Crippen molar-refractivity contribution in [2.45, 2.75) is 71.3 Å². The maximum Gasteiger partial charge on any atom is 0.00967 e. The third kappa shape index (κ3) is 7.37. The Kier molecular flexibility index (Phi) is 7.15. The molecule has 0 spiro atoms. The minimum atomic E-state index is 0.205. The SMILES string of the molecule is CCCCCCC(CNC(C)(C)C)c1ccccc1. The zero-order chi connectivity index (χ0) is 14.1. The Balaban J connectivity index is 2.53. The lowest BCUT2D eigenvalue weighted by Crippen LogP contribution is -2.38. The van der Waals surface area contributed by atoms with Gasteiger partial charge in [0.1, 0.15) is 0 Å². The van der Waals surface area contributed by atoms with Crippen molar-refractivity contribution in [2.75, 3.05) is 6.54 Å². The molecule has 0 amide bonds. The zero-order valence-electron chi connectivity index (χ0n) is 13.2. The molecule has 1 heteroatoms. The molecule has 1 aromatic carbocycles. The van der Waals surface area contributed by atoms with Crippen LogP contribution in [0.15, 0.2) is 30.3 Å². The van der Waals surface area contributed by atoms with Gasteiger partial charge in [-0.25, -0.2) is 0 Å². The molecule has 0 fully saturated rings. The van der Waals surface area contributed by atoms with Crippen LogP contribution in [0.5, 0.6) is 0 Å². The van der Waals surface area contributed by atoms with Crippen molar-refractivity contribution in [3.63, 3.8) is 0 Å². The summed E-state index contributed by atoms with van der Waals surface area (Å²) in [5.41, 5.74) is 1.69. The molecule has 1 unspecified atom stereocenters. The van der Waals surface area contributed by atoms with E-state index in [0.29, 0.717) is 5.92 Å². The number of hydrogen-bond acceptors (Lipinski definition) is 1. The predicted molar refractivity (Wildman–Crippen MR) is 85.7 cm³/mol. The molecular weight excluding hydrogens is 230 g/mol. The van der Waals surface area contributed by atoms with E-state index >= 15 is 0 Å². The second-order valence-corrected chi connectivity index (χ2v) is 6.59. The van der Waals surface area contributed by atoms with Gasteiger partial charge in [-0.1, -0.05) is 62.9 Å². The topological polar surface area (TPSA) is 12.0 Å². The molecule has 0 bridgehead atoms. The summed E-state index contributed by atoms with van der Waals surface area (Å²) >= 11 is 0. The van der Waals surface area contributed by atoms with Gasteiger partial charge >= 0.3 is 0 Å². The Morgan fingerprint density at radius 1 is 1.00 bits per heavy atom. The molecule has 0 aliphatic carbocycles. The third-order valence-corrected chi connectivity index (χ3v) is 3.56. The van der Waals surface area contributed by atoms with E-state index in [1.807, 2.05) is 0 Å². The van der Waals surface area contributed by atoms with Gasteiger partial charge in [0.15, 0.2) is 0 Å². The molecule has 1 atom stereocenters. The van der Waals surface area contributed by atoms with Crippen molar-refractivity contribution in [3.05, 3.63) is 35.9 Å². The molecule has 1 rings (SSSR count). The van der Waals surface area contributed by atoms with E-state index in [0.717, 1.165) is 6.54 Å². The zero-order valence-corrected chi connectivity index (χ0v) is 13.2. The second-order valence-electron chi connectivity index (χ2n) is 6.59. The number of hydrogen-bond donors (Lipinski definition) is 1. The molecular formula is C18H31N. The maximum absolute atomic E-state index is 3.66. The van der Waals surface area contributed by atoms with Crippen LogP contribution in [0.1, 0.15) is 71.3 Å². The van der Waals surface area contributed by atoms with Crippen LogP contribution in [-0.4, -0.2) is 12.1 Å². The lowest BCUT2D eigenvalue weighted by molar-refractivity contribution is 0.394. The normalized spacial score (nSPS) is 13.5. The van der Waals surface area contributed by atoms with Crippen LogP contribution >= 0.6 is 0 Å². The summed E-state index contributed by atoms with van der Waals surface area (Å²) < 4.78 is 0. The first-order valence-corrected chi connectivity index (χ1v) is 7.83. The van der Waals surface area contributed by atoms with E-state index in [1.165, 1.54) is 37.7 Å². The number of benzene rings is 1. The van der Waals surface area contributed by atoms with Gasteiger partial charge in [0.2, 0.25) is 0 Å². The summed E-state index contributed by atoms with van der Waals surface area (Å²) in [4.78, 5) is 0. The highest BCUT2D eigenvalue weighted by Gasteiger charge is 2.15. The molecule has 1 aromatic rings. The number of rotatable bonds is 8. The summed E-state index contributed by atoms with van der Waals surface area (Å²) in [5.74, 6) is 0.650. The maximum atomic E-state index is 3.66. The first-order chi connectivity index (χ1) is 9.03. The monoisotopic (exact) mass is 261 g/mol. The molecule has 1 N–H and O–H groups in total. The fourth-order valence-corrected chi connectivity index (χ4v) is 2.36. The Morgan fingerprint density at radius 2 is 1.68 bits per heavy atom. The van der Waals surface area contributed by atoms with Gasteiger partial charge in [-0.15, -0.1) is 0 Å². The van der Waals surface area contributed by atoms with Gasteiger partial charge < -0.3 is 5.32 Å². The van der Waals surface area contributed by atoms with Crippen LogP contribution in [0.2, 0.25) is 0 Å². The van der Waals surface area contributed by atoms with E-state index in [2.05, 4.69) is 63.3 Å². The summed E-state index contributed by atoms with van der Waals surface area (Å²) in [6.45, 7) is 10.1. The first-order valence-electron chi connectivity index (χ1n) is 7.83. The molecule has 0 heterocycles. The molecule has 1 nitrogen and oxygen atoms in total. The average molecular weight is 261 g/mol. The Morgan fingerprint density at radius 3 is 2.26 bits per heavy atom. The van der Waals surface area contributed by atoms with Gasteiger partial charge in [0, 0.05) is 12.1 Å². The summed E-state index contributed by atoms with van der Waals surface area (Å²) in [5, 5.41) is 3.66. The Bertz CT molecular complexity index is 323. The Hall–Kier alpha value is -0.820. The van der Waals surface area contributed by atoms with Crippen molar-refractivity contribution < 1.29 is 0 Å². The van der Waals surface area contributed by atoms with Crippen molar-refractivity contribution in [2.24, 2.45) is 0 Å². The highest BCUT2D eigenvalue weighted by Crippen LogP contribution is 2.22. The molecule has 108 valence electrons. The lowest BCUT2D eigenvalue weighted by atomic mass is 9.92. The van der Waals surface area contributed by atoms with Crippen LogP contribution in [0.4, 0.5) is 0 Å². The molecule has 0 aliphatic heterocycles. The predicted octanol–water partition coefficient (Wildman–Crippen LogP) is 5.13. The van der Waals surface area contributed by atoms with Crippen molar-refractivity contribution >= 4 is 0 Å². The van der Waals surface area contributed by atoms with Crippen LogP contribution < -0.4 is 5.32 Å². The van der Waals surface area contributed by atoms with Crippen LogP contribution in [0, 0.1) is 0 Å². The quantitative estimate of drug-likeness (QED) is 0.640.